The average molecular weight is 386 g/mol. The fraction of sp³-hybridized carbons (Fsp3) is 0.0435. The van der Waals surface area contributed by atoms with Crippen molar-refractivity contribution >= 4 is 21.7 Å². The number of halogens is 2. The van der Waals surface area contributed by atoms with Crippen LogP contribution in [0.2, 0.25) is 0 Å². The summed E-state index contributed by atoms with van der Waals surface area (Å²) in [5.41, 5.74) is 3.56. The summed E-state index contributed by atoms with van der Waals surface area (Å²) >= 11 is 0. The summed E-state index contributed by atoms with van der Waals surface area (Å²) in [6.07, 6.45) is 1.63. The molecule has 3 heterocycles. The van der Waals surface area contributed by atoms with Gasteiger partial charge in [-0.25, -0.2) is 8.78 Å². The molecule has 0 bridgehead atoms. The Kier molecular flexibility index (Phi) is 3.13. The van der Waals surface area contributed by atoms with Gasteiger partial charge in [0.1, 0.15) is 30.2 Å². The number of fused-ring (bicyclic) bond motifs is 4. The van der Waals surface area contributed by atoms with E-state index in [4.69, 9.17) is 4.74 Å². The molecule has 0 amide bonds. The highest BCUT2D eigenvalue weighted by atomic mass is 19.1. The molecule has 0 spiro atoms. The Morgan fingerprint density at radius 2 is 1.86 bits per heavy atom. The average Bonchev–Trinajstić information content (AvgIpc) is 3.25. The second-order valence-electron chi connectivity index (χ2n) is 7.15. The summed E-state index contributed by atoms with van der Waals surface area (Å²) in [5.74, 6) is 0.520. The third-order valence-electron chi connectivity index (χ3n) is 5.53. The van der Waals surface area contributed by atoms with Gasteiger partial charge in [0, 0.05) is 23.2 Å². The molecule has 6 rings (SSSR count). The van der Waals surface area contributed by atoms with Gasteiger partial charge in [-0.3, -0.25) is 5.10 Å². The largest absolute Gasteiger partial charge is 0.456 e. The summed E-state index contributed by atoms with van der Waals surface area (Å²) in [6.45, 7) is 0. The minimum Gasteiger partial charge on any atom is -0.456 e. The van der Waals surface area contributed by atoms with Gasteiger partial charge in [-0.05, 0) is 36.4 Å². The molecular formula is C23H14F2N3O+. The van der Waals surface area contributed by atoms with Crippen molar-refractivity contribution in [2.45, 2.75) is 0 Å². The Morgan fingerprint density at radius 3 is 2.69 bits per heavy atom. The molecule has 2 aromatic heterocycles. The SMILES string of the molecule is C[n+]1c2c3c(cccc3c3c(F)cc(-c4ccn[nH]4)cc31)Oc1ccc(F)cc1-2. The molecule has 0 atom stereocenters. The fourth-order valence-corrected chi connectivity index (χ4v) is 4.26. The molecule has 0 saturated carbocycles. The Morgan fingerprint density at radius 1 is 0.966 bits per heavy atom. The maximum absolute atomic E-state index is 15.3. The highest BCUT2D eigenvalue weighted by Crippen LogP contribution is 2.47. The molecule has 3 aromatic carbocycles. The number of aromatic nitrogens is 3. The number of rotatable bonds is 1. The number of aromatic amines is 1. The number of pyridine rings is 1. The van der Waals surface area contributed by atoms with Gasteiger partial charge in [-0.15, -0.1) is 0 Å². The van der Waals surface area contributed by atoms with Gasteiger partial charge >= 0.3 is 0 Å². The van der Waals surface area contributed by atoms with Gasteiger partial charge in [0.25, 0.3) is 0 Å². The van der Waals surface area contributed by atoms with E-state index in [1.165, 1.54) is 18.2 Å². The number of ether oxygens (including phenoxy) is 1. The van der Waals surface area contributed by atoms with Gasteiger partial charge in [0.05, 0.1) is 22.0 Å². The van der Waals surface area contributed by atoms with Gasteiger partial charge in [-0.1, -0.05) is 12.1 Å². The highest BCUT2D eigenvalue weighted by molar-refractivity contribution is 6.13. The van der Waals surface area contributed by atoms with Crippen LogP contribution in [0, 0.1) is 11.6 Å². The molecule has 29 heavy (non-hydrogen) atoms. The van der Waals surface area contributed by atoms with Gasteiger partial charge in [0.2, 0.25) is 11.2 Å². The summed E-state index contributed by atoms with van der Waals surface area (Å²) in [7, 11) is 1.87. The van der Waals surface area contributed by atoms with Gasteiger partial charge in [-0.2, -0.15) is 9.67 Å². The van der Waals surface area contributed by atoms with E-state index in [0.29, 0.717) is 33.5 Å². The lowest BCUT2D eigenvalue weighted by Gasteiger charge is -2.20. The lowest BCUT2D eigenvalue weighted by molar-refractivity contribution is -0.632. The maximum atomic E-state index is 15.3. The van der Waals surface area contributed by atoms with Crippen LogP contribution in [0.1, 0.15) is 0 Å². The second-order valence-corrected chi connectivity index (χ2v) is 7.15. The Labute approximate surface area is 164 Å². The summed E-state index contributed by atoms with van der Waals surface area (Å²) in [5, 5.41) is 8.84. The van der Waals surface area contributed by atoms with E-state index in [1.54, 1.807) is 18.3 Å². The zero-order chi connectivity index (χ0) is 19.7. The molecule has 1 aliphatic rings. The predicted molar refractivity (Wildman–Crippen MR) is 106 cm³/mol. The van der Waals surface area contributed by atoms with E-state index >= 15 is 4.39 Å². The van der Waals surface area contributed by atoms with E-state index in [9.17, 15) is 4.39 Å². The van der Waals surface area contributed by atoms with Crippen LogP contribution in [-0.4, -0.2) is 10.2 Å². The molecule has 0 saturated heterocycles. The van der Waals surface area contributed by atoms with Crippen molar-refractivity contribution in [1.82, 2.24) is 10.2 Å². The fourth-order valence-electron chi connectivity index (χ4n) is 4.26. The molecule has 6 heteroatoms. The number of benzene rings is 3. The van der Waals surface area contributed by atoms with Crippen molar-refractivity contribution in [2.24, 2.45) is 7.05 Å². The van der Waals surface area contributed by atoms with Crippen LogP contribution >= 0.6 is 0 Å². The first kappa shape index (κ1) is 16.2. The summed E-state index contributed by atoms with van der Waals surface area (Å²) in [6, 6.07) is 15.2. The van der Waals surface area contributed by atoms with Crippen molar-refractivity contribution in [3.8, 4) is 34.0 Å². The zero-order valence-corrected chi connectivity index (χ0v) is 15.3. The summed E-state index contributed by atoms with van der Waals surface area (Å²) < 4.78 is 37.3. The molecule has 5 aromatic rings. The molecule has 1 aliphatic heterocycles. The molecule has 1 N–H and O–H groups in total. The van der Waals surface area contributed by atoms with Gasteiger partial charge in [0.15, 0.2) is 0 Å². The molecule has 4 nitrogen and oxygen atoms in total. The third kappa shape index (κ3) is 2.17. The van der Waals surface area contributed by atoms with E-state index < -0.39 is 0 Å². The number of hydrogen-bond donors (Lipinski definition) is 1. The first-order chi connectivity index (χ1) is 14.1. The number of aryl methyl sites for hydroxylation is 1. The monoisotopic (exact) mass is 386 g/mol. The van der Waals surface area contributed by atoms with E-state index in [0.717, 1.165) is 22.2 Å². The third-order valence-corrected chi connectivity index (χ3v) is 5.53. The quantitative estimate of drug-likeness (QED) is 0.309. The molecule has 0 aliphatic carbocycles. The lowest BCUT2D eigenvalue weighted by atomic mass is 9.95. The van der Waals surface area contributed by atoms with E-state index in [2.05, 4.69) is 10.2 Å². The molecule has 0 radical (unpaired) electrons. The van der Waals surface area contributed by atoms with Crippen molar-refractivity contribution in [3.63, 3.8) is 0 Å². The Hall–Kier alpha value is -3.80. The minimum atomic E-state index is -0.350. The van der Waals surface area contributed by atoms with Crippen LogP contribution in [0.25, 0.3) is 44.2 Å². The molecular weight excluding hydrogens is 372 g/mol. The Balaban J connectivity index is 1.82. The zero-order valence-electron chi connectivity index (χ0n) is 15.3. The highest BCUT2D eigenvalue weighted by Gasteiger charge is 2.31. The number of H-pyrrole nitrogens is 1. The van der Waals surface area contributed by atoms with Crippen LogP contribution in [0.5, 0.6) is 11.5 Å². The van der Waals surface area contributed by atoms with Crippen molar-refractivity contribution in [2.75, 3.05) is 0 Å². The molecule has 0 fully saturated rings. The van der Waals surface area contributed by atoms with E-state index in [1.807, 2.05) is 35.9 Å². The number of nitrogens with zero attached hydrogens (tertiary/aromatic N) is 2. The smallest absolute Gasteiger partial charge is 0.228 e. The summed E-state index contributed by atoms with van der Waals surface area (Å²) in [4.78, 5) is 0. The molecule has 0 unspecified atom stereocenters. The topological polar surface area (TPSA) is 41.8 Å². The van der Waals surface area contributed by atoms with Crippen LogP contribution in [-0.2, 0) is 7.05 Å². The van der Waals surface area contributed by atoms with Crippen LogP contribution in [0.4, 0.5) is 8.78 Å². The normalized spacial score (nSPS) is 12.2. The first-order valence-electron chi connectivity index (χ1n) is 9.17. The van der Waals surface area contributed by atoms with Crippen molar-refractivity contribution < 1.29 is 18.1 Å². The standard InChI is InChI=1S/C23H13F2N3O/c1-28-18-10-12(17-7-8-26-27-17)9-16(25)21(18)14-3-2-4-20-22(14)23(28)15-11-13(24)5-6-19(15)29-20/h2-11H,1H3/p+1. The maximum Gasteiger partial charge on any atom is 0.228 e. The number of nitrogens with one attached hydrogen (secondary N) is 1. The number of hydrogen-bond acceptors (Lipinski definition) is 2. The van der Waals surface area contributed by atoms with Crippen molar-refractivity contribution in [1.29, 1.82) is 0 Å². The van der Waals surface area contributed by atoms with E-state index in [-0.39, 0.29) is 11.6 Å². The van der Waals surface area contributed by atoms with Gasteiger partial charge < -0.3 is 4.74 Å². The predicted octanol–water partition coefficient (Wildman–Crippen LogP) is 5.26. The minimum absolute atomic E-state index is 0.337. The van der Waals surface area contributed by atoms with Crippen molar-refractivity contribution in [3.05, 3.63) is 72.4 Å². The van der Waals surface area contributed by atoms with Crippen LogP contribution in [0.3, 0.4) is 0 Å². The lowest BCUT2D eigenvalue weighted by Crippen LogP contribution is -2.33. The first-order valence-corrected chi connectivity index (χ1v) is 9.17. The Bertz CT molecular complexity index is 1460. The van der Waals surface area contributed by atoms with Crippen LogP contribution < -0.4 is 9.30 Å². The molecule has 140 valence electrons. The second kappa shape index (κ2) is 5.61. The van der Waals surface area contributed by atoms with Crippen LogP contribution in [0.15, 0.2) is 60.8 Å².